The molecule has 0 radical (unpaired) electrons. The lowest BCUT2D eigenvalue weighted by Crippen LogP contribution is -2.52. The van der Waals surface area contributed by atoms with Gasteiger partial charge in [-0.3, -0.25) is 0 Å². The highest BCUT2D eigenvalue weighted by molar-refractivity contribution is 7.89. The van der Waals surface area contributed by atoms with Crippen LogP contribution in [0.15, 0.2) is 29.2 Å². The SMILES string of the molecule is CNS(=O)(=O)c1ccc(NC2(CN)CCCCC2C)cc1. The monoisotopic (exact) mass is 311 g/mol. The lowest BCUT2D eigenvalue weighted by atomic mass is 9.73. The Hall–Kier alpha value is -1.11. The highest BCUT2D eigenvalue weighted by Gasteiger charge is 2.36. The van der Waals surface area contributed by atoms with Crippen molar-refractivity contribution in [3.63, 3.8) is 0 Å². The third kappa shape index (κ3) is 3.39. The maximum Gasteiger partial charge on any atom is 0.240 e. The molecule has 1 saturated carbocycles. The van der Waals surface area contributed by atoms with Gasteiger partial charge in [0.2, 0.25) is 10.0 Å². The van der Waals surface area contributed by atoms with Gasteiger partial charge >= 0.3 is 0 Å². The zero-order valence-electron chi connectivity index (χ0n) is 12.7. The summed E-state index contributed by atoms with van der Waals surface area (Å²) in [6, 6.07) is 6.85. The molecular formula is C15H25N3O2S. The van der Waals surface area contributed by atoms with E-state index in [4.69, 9.17) is 5.73 Å². The summed E-state index contributed by atoms with van der Waals surface area (Å²) in [4.78, 5) is 0.272. The van der Waals surface area contributed by atoms with Crippen LogP contribution < -0.4 is 15.8 Å². The van der Waals surface area contributed by atoms with Crippen LogP contribution in [-0.2, 0) is 10.0 Å². The molecular weight excluding hydrogens is 286 g/mol. The minimum Gasteiger partial charge on any atom is -0.378 e. The molecule has 1 aliphatic carbocycles. The summed E-state index contributed by atoms with van der Waals surface area (Å²) in [5.74, 6) is 0.511. The van der Waals surface area contributed by atoms with E-state index < -0.39 is 10.0 Å². The molecule has 1 aliphatic rings. The van der Waals surface area contributed by atoms with Crippen molar-refractivity contribution in [1.29, 1.82) is 0 Å². The van der Waals surface area contributed by atoms with Gasteiger partial charge in [-0.25, -0.2) is 13.1 Å². The number of nitrogens with two attached hydrogens (primary N) is 1. The molecule has 1 fully saturated rings. The largest absolute Gasteiger partial charge is 0.378 e. The number of anilines is 1. The summed E-state index contributed by atoms with van der Waals surface area (Å²) < 4.78 is 25.8. The van der Waals surface area contributed by atoms with E-state index in [1.165, 1.54) is 26.3 Å². The molecule has 6 heteroatoms. The lowest BCUT2D eigenvalue weighted by Gasteiger charge is -2.43. The quantitative estimate of drug-likeness (QED) is 0.775. The van der Waals surface area contributed by atoms with Gasteiger partial charge in [0.1, 0.15) is 0 Å². The predicted octanol–water partition coefficient (Wildman–Crippen LogP) is 1.91. The number of benzene rings is 1. The van der Waals surface area contributed by atoms with E-state index >= 15 is 0 Å². The highest BCUT2D eigenvalue weighted by atomic mass is 32.2. The van der Waals surface area contributed by atoms with Crippen LogP contribution in [-0.4, -0.2) is 27.5 Å². The van der Waals surface area contributed by atoms with Crippen molar-refractivity contribution in [1.82, 2.24) is 4.72 Å². The molecule has 0 bridgehead atoms. The van der Waals surface area contributed by atoms with Crippen LogP contribution >= 0.6 is 0 Å². The Morgan fingerprint density at radius 1 is 1.29 bits per heavy atom. The van der Waals surface area contributed by atoms with Gasteiger partial charge in [-0.05, 0) is 50.1 Å². The van der Waals surface area contributed by atoms with Crippen molar-refractivity contribution in [2.45, 2.75) is 43.0 Å². The van der Waals surface area contributed by atoms with E-state index in [1.54, 1.807) is 12.1 Å². The Balaban J connectivity index is 2.19. The van der Waals surface area contributed by atoms with Gasteiger partial charge < -0.3 is 11.1 Å². The van der Waals surface area contributed by atoms with Crippen molar-refractivity contribution in [2.24, 2.45) is 11.7 Å². The second-order valence-electron chi connectivity index (χ2n) is 5.86. The Bertz CT molecular complexity index is 571. The second kappa shape index (κ2) is 6.34. The van der Waals surface area contributed by atoms with Crippen LogP contribution in [0.2, 0.25) is 0 Å². The Morgan fingerprint density at radius 2 is 1.95 bits per heavy atom. The maximum absolute atomic E-state index is 11.7. The molecule has 1 aromatic rings. The zero-order chi connectivity index (χ0) is 15.5. The molecule has 0 spiro atoms. The van der Waals surface area contributed by atoms with E-state index in [0.29, 0.717) is 12.5 Å². The van der Waals surface area contributed by atoms with Crippen molar-refractivity contribution in [3.8, 4) is 0 Å². The summed E-state index contributed by atoms with van der Waals surface area (Å²) in [7, 11) is -1.97. The molecule has 21 heavy (non-hydrogen) atoms. The molecule has 0 aromatic heterocycles. The van der Waals surface area contributed by atoms with Gasteiger partial charge in [0.15, 0.2) is 0 Å². The third-order valence-corrected chi connectivity index (χ3v) is 6.07. The fourth-order valence-corrected chi connectivity index (χ4v) is 3.81. The summed E-state index contributed by atoms with van der Waals surface area (Å²) in [5.41, 5.74) is 6.87. The molecule has 2 atom stereocenters. The molecule has 4 N–H and O–H groups in total. The molecule has 0 saturated heterocycles. The Kier molecular flexibility index (Phi) is 4.91. The summed E-state index contributed by atoms with van der Waals surface area (Å²) in [5, 5.41) is 3.55. The smallest absolute Gasteiger partial charge is 0.240 e. The van der Waals surface area contributed by atoms with Crippen LogP contribution in [0.3, 0.4) is 0 Å². The zero-order valence-corrected chi connectivity index (χ0v) is 13.5. The number of sulfonamides is 1. The topological polar surface area (TPSA) is 84.2 Å². The first kappa shape index (κ1) is 16.3. The van der Waals surface area contributed by atoms with Crippen molar-refractivity contribution < 1.29 is 8.42 Å². The van der Waals surface area contributed by atoms with Crippen LogP contribution in [0, 0.1) is 5.92 Å². The fourth-order valence-electron chi connectivity index (χ4n) is 3.08. The van der Waals surface area contributed by atoms with Gasteiger partial charge in [0, 0.05) is 12.2 Å². The van der Waals surface area contributed by atoms with E-state index in [0.717, 1.165) is 12.1 Å². The minimum atomic E-state index is -3.38. The number of hydrogen-bond acceptors (Lipinski definition) is 4. The fraction of sp³-hybridized carbons (Fsp3) is 0.600. The number of nitrogens with one attached hydrogen (secondary N) is 2. The molecule has 0 amide bonds. The normalized spacial score (nSPS) is 26.5. The van der Waals surface area contributed by atoms with Gasteiger partial charge in [-0.1, -0.05) is 19.8 Å². The number of hydrogen-bond donors (Lipinski definition) is 3. The van der Waals surface area contributed by atoms with E-state index in [-0.39, 0.29) is 10.4 Å². The summed E-state index contributed by atoms with van der Waals surface area (Å²) in [6.45, 7) is 2.82. The van der Waals surface area contributed by atoms with Gasteiger partial charge in [0.25, 0.3) is 0 Å². The third-order valence-electron chi connectivity index (χ3n) is 4.64. The Morgan fingerprint density at radius 3 is 2.48 bits per heavy atom. The minimum absolute atomic E-state index is 0.0817. The van der Waals surface area contributed by atoms with E-state index in [9.17, 15) is 8.42 Å². The van der Waals surface area contributed by atoms with Crippen molar-refractivity contribution >= 4 is 15.7 Å². The molecule has 2 rings (SSSR count). The van der Waals surface area contributed by atoms with E-state index in [2.05, 4.69) is 17.0 Å². The second-order valence-corrected chi connectivity index (χ2v) is 7.75. The predicted molar refractivity (Wildman–Crippen MR) is 85.7 cm³/mol. The molecule has 5 nitrogen and oxygen atoms in total. The van der Waals surface area contributed by atoms with Gasteiger partial charge in [0.05, 0.1) is 10.4 Å². The standard InChI is InChI=1S/C15H25N3O2S/c1-12-5-3-4-10-15(12,11-16)18-13-6-8-14(9-7-13)21(19,20)17-2/h6-9,12,17-18H,3-5,10-11,16H2,1-2H3. The molecule has 118 valence electrons. The molecule has 0 aliphatic heterocycles. The molecule has 1 aromatic carbocycles. The van der Waals surface area contributed by atoms with Gasteiger partial charge in [-0.15, -0.1) is 0 Å². The van der Waals surface area contributed by atoms with Crippen molar-refractivity contribution in [3.05, 3.63) is 24.3 Å². The Labute approximate surface area is 127 Å². The first-order valence-electron chi connectivity index (χ1n) is 7.45. The van der Waals surface area contributed by atoms with Crippen LogP contribution in [0.25, 0.3) is 0 Å². The van der Waals surface area contributed by atoms with Crippen LogP contribution in [0.4, 0.5) is 5.69 Å². The number of rotatable bonds is 5. The average molecular weight is 311 g/mol. The molecule has 0 heterocycles. The highest BCUT2D eigenvalue weighted by Crippen LogP contribution is 2.35. The molecule has 2 unspecified atom stereocenters. The lowest BCUT2D eigenvalue weighted by molar-refractivity contribution is 0.235. The summed E-state index contributed by atoms with van der Waals surface area (Å²) >= 11 is 0. The van der Waals surface area contributed by atoms with Crippen LogP contribution in [0.5, 0.6) is 0 Å². The van der Waals surface area contributed by atoms with E-state index in [1.807, 2.05) is 12.1 Å². The van der Waals surface area contributed by atoms with Gasteiger partial charge in [-0.2, -0.15) is 0 Å². The van der Waals surface area contributed by atoms with Crippen molar-refractivity contribution in [2.75, 3.05) is 18.9 Å². The summed E-state index contributed by atoms with van der Waals surface area (Å²) in [6.07, 6.45) is 4.67. The average Bonchev–Trinajstić information content (AvgIpc) is 2.50. The van der Waals surface area contributed by atoms with Crippen LogP contribution in [0.1, 0.15) is 32.6 Å². The first-order chi connectivity index (χ1) is 9.93. The first-order valence-corrected chi connectivity index (χ1v) is 8.94. The maximum atomic E-state index is 11.7.